The minimum Gasteiger partial charge on any atom is -0.459 e. The highest BCUT2D eigenvalue weighted by molar-refractivity contribution is 5.69. The topological polar surface area (TPSA) is 74.3 Å². The SMILES string of the molecule is Cc1cccc(COC(=O)Cn2nc(-c3ccccc3)oc2=O)c1. The molecule has 122 valence electrons. The van der Waals surface area contributed by atoms with Crippen LogP contribution in [0.1, 0.15) is 11.1 Å². The Kier molecular flexibility index (Phi) is 4.56. The molecule has 0 aliphatic carbocycles. The zero-order chi connectivity index (χ0) is 16.9. The molecule has 1 aromatic heterocycles. The summed E-state index contributed by atoms with van der Waals surface area (Å²) >= 11 is 0. The van der Waals surface area contributed by atoms with Gasteiger partial charge >= 0.3 is 11.7 Å². The molecule has 1 heterocycles. The van der Waals surface area contributed by atoms with Gasteiger partial charge in [-0.3, -0.25) is 4.79 Å². The Bertz CT molecular complexity index is 897. The summed E-state index contributed by atoms with van der Waals surface area (Å²) in [5.41, 5.74) is 2.64. The second-order valence-corrected chi connectivity index (χ2v) is 5.35. The normalized spacial score (nSPS) is 10.5. The predicted octanol–water partition coefficient (Wildman–Crippen LogP) is 2.56. The molecule has 24 heavy (non-hydrogen) atoms. The van der Waals surface area contributed by atoms with Crippen molar-refractivity contribution in [1.82, 2.24) is 9.78 Å². The fourth-order valence-electron chi connectivity index (χ4n) is 2.24. The summed E-state index contributed by atoms with van der Waals surface area (Å²) in [6.45, 7) is 1.82. The fourth-order valence-corrected chi connectivity index (χ4v) is 2.24. The highest BCUT2D eigenvalue weighted by Gasteiger charge is 2.14. The van der Waals surface area contributed by atoms with Crippen molar-refractivity contribution in [3.8, 4) is 11.5 Å². The average molecular weight is 324 g/mol. The van der Waals surface area contributed by atoms with Crippen LogP contribution in [0, 0.1) is 6.92 Å². The summed E-state index contributed by atoms with van der Waals surface area (Å²) < 4.78 is 11.2. The number of carbonyl (C=O) groups excluding carboxylic acids is 1. The molecule has 0 amide bonds. The standard InChI is InChI=1S/C18H16N2O4/c1-13-6-5-7-14(10-13)12-23-16(21)11-20-18(22)24-17(19-20)15-8-3-2-4-9-15/h2-10H,11-12H2,1H3. The van der Waals surface area contributed by atoms with E-state index < -0.39 is 11.7 Å². The minimum atomic E-state index is -0.693. The lowest BCUT2D eigenvalue weighted by Gasteiger charge is -2.05. The zero-order valence-electron chi connectivity index (χ0n) is 13.1. The molecule has 0 bridgehead atoms. The van der Waals surface area contributed by atoms with E-state index in [-0.39, 0.29) is 19.0 Å². The number of aromatic nitrogens is 2. The van der Waals surface area contributed by atoms with E-state index in [1.165, 1.54) is 0 Å². The maximum Gasteiger partial charge on any atom is 0.437 e. The first-order valence-electron chi connectivity index (χ1n) is 7.46. The van der Waals surface area contributed by atoms with Gasteiger partial charge in [0.2, 0.25) is 5.89 Å². The molecule has 0 radical (unpaired) electrons. The Morgan fingerprint density at radius 2 is 1.96 bits per heavy atom. The molecule has 3 rings (SSSR count). The number of nitrogens with zero attached hydrogens (tertiary/aromatic N) is 2. The Morgan fingerprint density at radius 1 is 1.17 bits per heavy atom. The lowest BCUT2D eigenvalue weighted by molar-refractivity contribution is -0.146. The first-order valence-corrected chi connectivity index (χ1v) is 7.46. The lowest BCUT2D eigenvalue weighted by Crippen LogP contribution is -2.22. The van der Waals surface area contributed by atoms with E-state index in [9.17, 15) is 9.59 Å². The van der Waals surface area contributed by atoms with Crippen molar-refractivity contribution in [3.63, 3.8) is 0 Å². The van der Waals surface area contributed by atoms with Crippen molar-refractivity contribution in [3.05, 3.63) is 76.3 Å². The predicted molar refractivity (Wildman–Crippen MR) is 87.2 cm³/mol. The molecule has 0 saturated heterocycles. The minimum absolute atomic E-state index is 0.151. The molecular formula is C18H16N2O4. The first-order chi connectivity index (χ1) is 11.6. The van der Waals surface area contributed by atoms with Crippen molar-refractivity contribution >= 4 is 5.97 Å². The van der Waals surface area contributed by atoms with Crippen LogP contribution in [0.2, 0.25) is 0 Å². The van der Waals surface area contributed by atoms with Crippen LogP contribution in [-0.4, -0.2) is 15.7 Å². The van der Waals surface area contributed by atoms with E-state index >= 15 is 0 Å². The van der Waals surface area contributed by atoms with Crippen LogP contribution in [-0.2, 0) is 22.7 Å². The second-order valence-electron chi connectivity index (χ2n) is 5.35. The molecule has 0 aliphatic rings. The van der Waals surface area contributed by atoms with Gasteiger partial charge in [0.25, 0.3) is 0 Å². The third kappa shape index (κ3) is 3.78. The van der Waals surface area contributed by atoms with E-state index in [1.807, 2.05) is 49.4 Å². The van der Waals surface area contributed by atoms with Gasteiger partial charge < -0.3 is 9.15 Å². The second kappa shape index (κ2) is 6.95. The van der Waals surface area contributed by atoms with Gasteiger partial charge in [-0.2, -0.15) is 4.68 Å². The van der Waals surface area contributed by atoms with Crippen molar-refractivity contribution in [2.45, 2.75) is 20.1 Å². The van der Waals surface area contributed by atoms with Gasteiger partial charge in [-0.15, -0.1) is 5.10 Å². The third-order valence-electron chi connectivity index (χ3n) is 3.39. The lowest BCUT2D eigenvalue weighted by atomic mass is 10.1. The maximum atomic E-state index is 11.9. The van der Waals surface area contributed by atoms with Crippen LogP contribution in [0.3, 0.4) is 0 Å². The van der Waals surface area contributed by atoms with Gasteiger partial charge in [-0.25, -0.2) is 4.79 Å². The van der Waals surface area contributed by atoms with Crippen LogP contribution in [0.25, 0.3) is 11.5 Å². The Labute approximate surface area is 138 Å². The number of aryl methyl sites for hydroxylation is 1. The molecule has 2 aromatic carbocycles. The van der Waals surface area contributed by atoms with Crippen molar-refractivity contribution in [2.75, 3.05) is 0 Å². The van der Waals surface area contributed by atoms with E-state index in [4.69, 9.17) is 9.15 Å². The fraction of sp³-hybridized carbons (Fsp3) is 0.167. The molecule has 0 fully saturated rings. The highest BCUT2D eigenvalue weighted by Crippen LogP contribution is 2.14. The van der Waals surface area contributed by atoms with Crippen LogP contribution in [0.15, 0.2) is 63.8 Å². The molecule has 0 saturated carbocycles. The molecule has 3 aromatic rings. The van der Waals surface area contributed by atoms with Gasteiger partial charge in [0, 0.05) is 5.56 Å². The molecule has 0 N–H and O–H groups in total. The first kappa shape index (κ1) is 15.7. The van der Waals surface area contributed by atoms with Crippen LogP contribution in [0.5, 0.6) is 0 Å². The number of hydrogen-bond donors (Lipinski definition) is 0. The molecule has 6 heteroatoms. The smallest absolute Gasteiger partial charge is 0.437 e. The van der Waals surface area contributed by atoms with Crippen LogP contribution in [0.4, 0.5) is 0 Å². The molecule has 0 spiro atoms. The van der Waals surface area contributed by atoms with Gasteiger partial charge in [-0.05, 0) is 24.6 Å². The van der Waals surface area contributed by atoms with Gasteiger partial charge in [0.15, 0.2) is 0 Å². The van der Waals surface area contributed by atoms with Crippen molar-refractivity contribution < 1.29 is 13.9 Å². The number of hydrogen-bond acceptors (Lipinski definition) is 5. The summed E-state index contributed by atoms with van der Waals surface area (Å²) in [5, 5.41) is 4.03. The Hall–Kier alpha value is -3.15. The number of ether oxygens (including phenoxy) is 1. The number of rotatable bonds is 5. The van der Waals surface area contributed by atoms with Gasteiger partial charge in [0.1, 0.15) is 13.2 Å². The van der Waals surface area contributed by atoms with Crippen LogP contribution < -0.4 is 5.76 Å². The van der Waals surface area contributed by atoms with E-state index in [1.54, 1.807) is 12.1 Å². The highest BCUT2D eigenvalue weighted by atomic mass is 16.5. The molecular weight excluding hydrogens is 308 g/mol. The molecule has 0 aliphatic heterocycles. The quantitative estimate of drug-likeness (QED) is 0.674. The summed E-state index contributed by atoms with van der Waals surface area (Å²) in [6.07, 6.45) is 0. The molecule has 0 unspecified atom stereocenters. The maximum absolute atomic E-state index is 11.9. The number of benzene rings is 2. The van der Waals surface area contributed by atoms with Crippen molar-refractivity contribution in [1.29, 1.82) is 0 Å². The number of carbonyl (C=O) groups is 1. The summed E-state index contributed by atoms with van der Waals surface area (Å²) in [5.74, 6) is -1.07. The summed E-state index contributed by atoms with van der Waals surface area (Å²) in [4.78, 5) is 23.7. The third-order valence-corrected chi connectivity index (χ3v) is 3.39. The number of esters is 1. The Balaban J connectivity index is 1.64. The molecule has 0 atom stereocenters. The Morgan fingerprint density at radius 3 is 2.71 bits per heavy atom. The average Bonchev–Trinajstić information content (AvgIpc) is 2.95. The van der Waals surface area contributed by atoms with E-state index in [0.717, 1.165) is 15.8 Å². The van der Waals surface area contributed by atoms with Gasteiger partial charge in [-0.1, -0.05) is 48.0 Å². The summed E-state index contributed by atoms with van der Waals surface area (Å²) in [6, 6.07) is 16.7. The van der Waals surface area contributed by atoms with E-state index in [0.29, 0.717) is 5.56 Å². The van der Waals surface area contributed by atoms with Gasteiger partial charge in [0.05, 0.1) is 0 Å². The van der Waals surface area contributed by atoms with E-state index in [2.05, 4.69) is 5.10 Å². The van der Waals surface area contributed by atoms with Crippen LogP contribution >= 0.6 is 0 Å². The summed E-state index contributed by atoms with van der Waals surface area (Å²) in [7, 11) is 0. The largest absolute Gasteiger partial charge is 0.459 e. The van der Waals surface area contributed by atoms with Crippen molar-refractivity contribution in [2.24, 2.45) is 0 Å². The zero-order valence-corrected chi connectivity index (χ0v) is 13.1. The monoisotopic (exact) mass is 324 g/mol. The molecule has 6 nitrogen and oxygen atoms in total.